The molecule has 7 aromatic rings. The van der Waals surface area contributed by atoms with Crippen LogP contribution in [0.5, 0.6) is 17.2 Å². The summed E-state index contributed by atoms with van der Waals surface area (Å²) in [6.07, 6.45) is 0.683. The van der Waals surface area contributed by atoms with Gasteiger partial charge in [-0.2, -0.15) is 0 Å². The summed E-state index contributed by atoms with van der Waals surface area (Å²) in [5, 5.41) is 0.392. The summed E-state index contributed by atoms with van der Waals surface area (Å²) < 4.78 is 55.9. The third kappa shape index (κ3) is 14.0. The first kappa shape index (κ1) is 52.1. The Labute approximate surface area is 429 Å². The zero-order valence-electron chi connectivity index (χ0n) is 41.0. The zero-order chi connectivity index (χ0) is 51.5. The van der Waals surface area contributed by atoms with E-state index in [9.17, 15) is 24.0 Å². The van der Waals surface area contributed by atoms with Crippen LogP contribution in [-0.2, 0) is 30.3 Å². The van der Waals surface area contributed by atoms with E-state index < -0.39 is 66.8 Å². The van der Waals surface area contributed by atoms with E-state index in [2.05, 4.69) is 6.92 Å². The van der Waals surface area contributed by atoms with Gasteiger partial charge in [0.05, 0.1) is 34.2 Å². The molecule has 1 saturated heterocycles. The first-order valence-electron chi connectivity index (χ1n) is 25.0. The maximum atomic E-state index is 14.1. The van der Waals surface area contributed by atoms with Crippen LogP contribution in [-0.4, -0.2) is 67.8 Å². The second kappa shape index (κ2) is 26.5. The highest BCUT2D eigenvalue weighted by atomic mass is 16.7. The van der Waals surface area contributed by atoms with Crippen LogP contribution in [0.1, 0.15) is 105 Å². The predicted octanol–water partition coefficient (Wildman–Crippen LogP) is 11.5. The van der Waals surface area contributed by atoms with Gasteiger partial charge in [-0.15, -0.1) is 0 Å². The van der Waals surface area contributed by atoms with Crippen molar-refractivity contribution in [3.63, 3.8) is 0 Å². The zero-order valence-corrected chi connectivity index (χ0v) is 41.0. The SMILES string of the molecule is CCCCCCCCCCOc1c(OCc2ccccc2)c2ccc(O[C@H]3O[C@H](COC(=O)c4ccccc4)[C@@H](OC(=O)c4ccccc4)[C@H](OC(=O)c4ccccc4)[C@@H]3OC(=O)c3ccccc3)cc2oc1=O. The summed E-state index contributed by atoms with van der Waals surface area (Å²) in [5.74, 6) is -3.16. The molecule has 0 aliphatic carbocycles. The summed E-state index contributed by atoms with van der Waals surface area (Å²) in [6.45, 7) is 2.02. The predicted molar refractivity (Wildman–Crippen MR) is 274 cm³/mol. The Bertz CT molecular complexity index is 2970. The monoisotopic (exact) mass is 1000 g/mol. The van der Waals surface area contributed by atoms with Crippen molar-refractivity contribution in [2.45, 2.75) is 95.6 Å². The van der Waals surface area contributed by atoms with E-state index in [-0.39, 0.29) is 58.3 Å². The molecule has 5 atom stereocenters. The molecule has 0 N–H and O–H groups in total. The van der Waals surface area contributed by atoms with Gasteiger partial charge in [0.15, 0.2) is 18.0 Å². The van der Waals surface area contributed by atoms with E-state index >= 15 is 0 Å². The smallest absolute Gasteiger partial charge is 0.383 e. The molecule has 8 rings (SSSR count). The number of unbranched alkanes of at least 4 members (excludes halogenated alkanes) is 7. The first-order valence-corrected chi connectivity index (χ1v) is 25.0. The Balaban J connectivity index is 1.16. The number of rotatable bonds is 24. The van der Waals surface area contributed by atoms with Gasteiger partial charge in [-0.1, -0.05) is 155 Å². The Kier molecular flexibility index (Phi) is 18.6. The summed E-state index contributed by atoms with van der Waals surface area (Å²) in [7, 11) is 0. The van der Waals surface area contributed by atoms with Crippen LogP contribution in [0.25, 0.3) is 11.0 Å². The normalized spacial score (nSPS) is 17.1. The number of carbonyl (C=O) groups excluding carboxylic acids is 4. The van der Waals surface area contributed by atoms with Crippen molar-refractivity contribution >= 4 is 34.8 Å². The Hall–Kier alpha value is -8.23. The Morgan fingerprint density at radius 2 is 0.986 bits per heavy atom. The molecule has 74 heavy (non-hydrogen) atoms. The molecule has 382 valence electrons. The maximum absolute atomic E-state index is 14.1. The summed E-state index contributed by atoms with van der Waals surface area (Å²) >= 11 is 0. The molecule has 1 fully saturated rings. The van der Waals surface area contributed by atoms with Crippen molar-refractivity contribution in [2.24, 2.45) is 0 Å². The summed E-state index contributed by atoms with van der Waals surface area (Å²) in [6, 6.07) is 46.5. The van der Waals surface area contributed by atoms with Gasteiger partial charge in [-0.25, -0.2) is 24.0 Å². The lowest BCUT2D eigenvalue weighted by Crippen LogP contribution is -2.63. The molecule has 6 aromatic carbocycles. The summed E-state index contributed by atoms with van der Waals surface area (Å²) in [4.78, 5) is 69.6. The molecule has 0 radical (unpaired) electrons. The third-order valence-corrected chi connectivity index (χ3v) is 12.3. The van der Waals surface area contributed by atoms with Crippen molar-refractivity contribution in [1.29, 1.82) is 0 Å². The van der Waals surface area contributed by atoms with Gasteiger partial charge in [0.25, 0.3) is 0 Å². The summed E-state index contributed by atoms with van der Waals surface area (Å²) in [5.41, 5.74) is 0.752. The topological polar surface area (TPSA) is 172 Å². The van der Waals surface area contributed by atoms with Crippen molar-refractivity contribution < 1.29 is 61.5 Å². The van der Waals surface area contributed by atoms with Gasteiger partial charge in [0.2, 0.25) is 18.1 Å². The highest BCUT2D eigenvalue weighted by Crippen LogP contribution is 2.38. The van der Waals surface area contributed by atoms with Crippen LogP contribution in [0.4, 0.5) is 0 Å². The average Bonchev–Trinajstić information content (AvgIpc) is 3.44. The highest BCUT2D eigenvalue weighted by molar-refractivity contribution is 5.92. The first-order chi connectivity index (χ1) is 36.2. The molecule has 0 saturated carbocycles. The van der Waals surface area contributed by atoms with Crippen LogP contribution in [0.15, 0.2) is 179 Å². The highest BCUT2D eigenvalue weighted by Gasteiger charge is 2.54. The van der Waals surface area contributed by atoms with Crippen molar-refractivity contribution in [3.05, 3.63) is 208 Å². The van der Waals surface area contributed by atoms with Gasteiger partial charge in [-0.05, 0) is 72.6 Å². The maximum Gasteiger partial charge on any atom is 0.383 e. The molecule has 1 aromatic heterocycles. The minimum Gasteiger partial charge on any atom is -0.484 e. The molecule has 0 unspecified atom stereocenters. The minimum atomic E-state index is -1.68. The van der Waals surface area contributed by atoms with E-state index in [0.717, 1.165) is 31.2 Å². The lowest BCUT2D eigenvalue weighted by molar-refractivity contribution is -0.275. The molecule has 0 spiro atoms. The second-order valence-electron chi connectivity index (χ2n) is 17.6. The molecule has 1 aliphatic heterocycles. The Morgan fingerprint density at radius 1 is 0.500 bits per heavy atom. The Morgan fingerprint density at radius 3 is 1.54 bits per heavy atom. The standard InChI is InChI=1S/C60H58O14/c1-2-3-4-5-6-7-8-24-37-66-53-50(67-39-41-25-14-9-15-26-41)47-36-35-46(38-48(47)70-59(53)65)69-60-54(74-58(64)45-33-22-13-23-34-45)52(73-57(63)44-31-20-12-21-32-44)51(72-56(62)43-29-18-11-19-30-43)49(71-60)40-68-55(61)42-27-16-10-17-28-42/h9-23,25-36,38,49,51-52,54,60H,2-8,24,37,39-40H2,1H3/t49-,51-,52+,54+,60+/m1/s1. The third-order valence-electron chi connectivity index (χ3n) is 12.3. The van der Waals surface area contributed by atoms with E-state index in [1.165, 1.54) is 68.1 Å². The largest absolute Gasteiger partial charge is 0.484 e. The number of carbonyl (C=O) groups is 4. The number of fused-ring (bicyclic) bond motifs is 1. The van der Waals surface area contributed by atoms with Crippen molar-refractivity contribution in [2.75, 3.05) is 13.2 Å². The number of ether oxygens (including phenoxy) is 8. The molecular formula is C60H58O14. The fourth-order valence-electron chi connectivity index (χ4n) is 8.37. The number of benzene rings is 6. The second-order valence-corrected chi connectivity index (χ2v) is 17.6. The lowest BCUT2D eigenvalue weighted by atomic mass is 9.97. The number of hydrogen-bond acceptors (Lipinski definition) is 14. The molecule has 1 aliphatic rings. The molecule has 14 nitrogen and oxygen atoms in total. The molecule has 2 heterocycles. The van der Waals surface area contributed by atoms with Crippen LogP contribution < -0.4 is 19.8 Å². The quantitative estimate of drug-likeness (QED) is 0.0242. The van der Waals surface area contributed by atoms with Crippen LogP contribution in [0.2, 0.25) is 0 Å². The van der Waals surface area contributed by atoms with Gasteiger partial charge in [0, 0.05) is 6.07 Å². The van der Waals surface area contributed by atoms with E-state index in [0.29, 0.717) is 5.39 Å². The van der Waals surface area contributed by atoms with Gasteiger partial charge < -0.3 is 42.3 Å². The minimum absolute atomic E-state index is 0.0425. The van der Waals surface area contributed by atoms with Crippen LogP contribution in [0, 0.1) is 0 Å². The van der Waals surface area contributed by atoms with Crippen LogP contribution >= 0.6 is 0 Å². The fraction of sp³-hybridized carbons (Fsp3) is 0.283. The average molecular weight is 1000 g/mol. The number of hydrogen-bond donors (Lipinski definition) is 0. The fourth-order valence-corrected chi connectivity index (χ4v) is 8.37. The lowest BCUT2D eigenvalue weighted by Gasteiger charge is -2.44. The van der Waals surface area contributed by atoms with Crippen molar-refractivity contribution in [3.8, 4) is 17.2 Å². The molecular weight excluding hydrogens is 945 g/mol. The molecule has 0 bridgehead atoms. The molecule has 14 heteroatoms. The van der Waals surface area contributed by atoms with Gasteiger partial charge >= 0.3 is 29.5 Å². The van der Waals surface area contributed by atoms with Gasteiger partial charge in [0.1, 0.15) is 30.7 Å². The van der Waals surface area contributed by atoms with E-state index in [4.69, 9.17) is 42.3 Å². The molecule has 0 amide bonds. The van der Waals surface area contributed by atoms with Gasteiger partial charge in [-0.3, -0.25) is 0 Å². The van der Waals surface area contributed by atoms with Crippen LogP contribution in [0.3, 0.4) is 0 Å². The van der Waals surface area contributed by atoms with E-state index in [1.807, 2.05) is 30.3 Å². The van der Waals surface area contributed by atoms with Crippen molar-refractivity contribution in [1.82, 2.24) is 0 Å². The number of esters is 4. The van der Waals surface area contributed by atoms with E-state index in [1.54, 1.807) is 97.1 Å².